The number of esters is 1. The number of hydrogen-bond donors (Lipinski definition) is 0. The average Bonchev–Trinajstić information content (AvgIpc) is 3.42. The molecule has 4 rings (SSSR count). The first-order chi connectivity index (χ1) is 18.1. The van der Waals surface area contributed by atoms with Crippen LogP contribution in [0.25, 0.3) is 0 Å². The Labute approximate surface area is 223 Å². The Balaban J connectivity index is 1.64. The highest BCUT2D eigenvalue weighted by Gasteiger charge is 2.55. The molecule has 2 aromatic rings. The Morgan fingerprint density at radius 2 is 1.37 bits per heavy atom. The fourth-order valence-electron chi connectivity index (χ4n) is 4.66. The molecule has 2 aliphatic rings. The highest BCUT2D eigenvalue weighted by atomic mass is 16.8. The normalized spacial score (nSPS) is 25.6. The summed E-state index contributed by atoms with van der Waals surface area (Å²) >= 11 is 0. The quantitative estimate of drug-likeness (QED) is 0.320. The molecule has 2 aliphatic heterocycles. The third-order valence-electron chi connectivity index (χ3n) is 6.39. The number of hydrogen-bond acceptors (Lipinski definition) is 9. The van der Waals surface area contributed by atoms with Crippen molar-refractivity contribution in [1.82, 2.24) is 0 Å². The topological polar surface area (TPSA) is 98.8 Å². The third kappa shape index (κ3) is 7.05. The van der Waals surface area contributed by atoms with Crippen molar-refractivity contribution in [2.24, 2.45) is 0 Å². The highest BCUT2D eigenvalue weighted by Crippen LogP contribution is 2.38. The van der Waals surface area contributed by atoms with E-state index in [9.17, 15) is 9.59 Å². The molecule has 0 saturated carbocycles. The number of ketones is 1. The van der Waals surface area contributed by atoms with Crippen molar-refractivity contribution in [3.63, 3.8) is 0 Å². The van der Waals surface area contributed by atoms with Crippen LogP contribution in [0.5, 0.6) is 0 Å². The number of Topliss-reactive ketones (excluding diaryl/α,β-unsaturated/α-hetero) is 1. The van der Waals surface area contributed by atoms with Gasteiger partial charge in [0.05, 0.1) is 26.9 Å². The number of carbonyl (C=O) groups is 2. The van der Waals surface area contributed by atoms with Crippen molar-refractivity contribution in [3.8, 4) is 0 Å². The second-order valence-electron chi connectivity index (χ2n) is 10.3. The molecule has 5 atom stereocenters. The standard InChI is InChI=1S/C29H36O9/c1-28(2)35-18-21(36-28)23(33-16-19-12-8-6-9-13-19)25-26(38-29(3,4)37-25)24(22(30)27(31)32-5)34-17-20-14-10-7-11-15-20/h6-15,21,23-26H,16-18H2,1-5H3/t21-,23-,24+,25+,26-/m1/s1. The van der Waals surface area contributed by atoms with Crippen molar-refractivity contribution in [2.75, 3.05) is 13.7 Å². The molecule has 0 unspecified atom stereocenters. The van der Waals surface area contributed by atoms with Gasteiger partial charge in [0, 0.05) is 0 Å². The maximum atomic E-state index is 13.2. The van der Waals surface area contributed by atoms with Crippen LogP contribution < -0.4 is 0 Å². The van der Waals surface area contributed by atoms with E-state index in [0.29, 0.717) is 0 Å². The molecule has 2 saturated heterocycles. The summed E-state index contributed by atoms with van der Waals surface area (Å²) in [6.45, 7) is 7.71. The van der Waals surface area contributed by atoms with Crippen LogP contribution in [0.15, 0.2) is 60.7 Å². The van der Waals surface area contributed by atoms with Crippen LogP contribution in [0.3, 0.4) is 0 Å². The van der Waals surface area contributed by atoms with Crippen LogP contribution in [0.1, 0.15) is 38.8 Å². The van der Waals surface area contributed by atoms with Gasteiger partial charge in [-0.15, -0.1) is 0 Å². The van der Waals surface area contributed by atoms with E-state index in [0.717, 1.165) is 18.2 Å². The Kier molecular flexibility index (Phi) is 8.97. The number of rotatable bonds is 11. The number of methoxy groups -OCH3 is 1. The summed E-state index contributed by atoms with van der Waals surface area (Å²) in [6, 6.07) is 19.0. The minimum atomic E-state index is -1.31. The lowest BCUT2D eigenvalue weighted by atomic mass is 9.96. The summed E-state index contributed by atoms with van der Waals surface area (Å²) in [5.74, 6) is -3.82. The SMILES string of the molecule is COC(=O)C(=O)[C@H](OCc1ccccc1)[C@H]1OC(C)(C)O[C@H]1[C@H](OCc1ccccc1)[C@H]1COC(C)(C)O1. The molecular weight excluding hydrogens is 492 g/mol. The first kappa shape index (κ1) is 28.4. The summed E-state index contributed by atoms with van der Waals surface area (Å²) in [5.41, 5.74) is 1.78. The zero-order valence-corrected chi connectivity index (χ0v) is 22.5. The monoisotopic (exact) mass is 528 g/mol. The first-order valence-corrected chi connectivity index (χ1v) is 12.7. The van der Waals surface area contributed by atoms with Gasteiger partial charge in [0.1, 0.15) is 24.4 Å². The Morgan fingerprint density at radius 3 is 1.89 bits per heavy atom. The van der Waals surface area contributed by atoms with Crippen molar-refractivity contribution in [1.29, 1.82) is 0 Å². The summed E-state index contributed by atoms with van der Waals surface area (Å²) in [4.78, 5) is 25.6. The maximum absolute atomic E-state index is 13.2. The zero-order valence-electron chi connectivity index (χ0n) is 22.5. The van der Waals surface area contributed by atoms with Crippen molar-refractivity contribution >= 4 is 11.8 Å². The fourth-order valence-corrected chi connectivity index (χ4v) is 4.66. The van der Waals surface area contributed by atoms with Gasteiger partial charge >= 0.3 is 5.97 Å². The molecule has 0 radical (unpaired) electrons. The molecule has 0 aliphatic carbocycles. The summed E-state index contributed by atoms with van der Waals surface area (Å²) in [7, 11) is 1.15. The summed E-state index contributed by atoms with van der Waals surface area (Å²) in [5, 5.41) is 0. The van der Waals surface area contributed by atoms with Crippen LogP contribution in [0.2, 0.25) is 0 Å². The lowest BCUT2D eigenvalue weighted by molar-refractivity contribution is -0.190. The van der Waals surface area contributed by atoms with Gasteiger partial charge in [-0.05, 0) is 38.8 Å². The van der Waals surface area contributed by atoms with E-state index in [1.54, 1.807) is 13.8 Å². The van der Waals surface area contributed by atoms with Crippen molar-refractivity contribution < 1.29 is 42.7 Å². The van der Waals surface area contributed by atoms with Gasteiger partial charge in [-0.3, -0.25) is 4.79 Å². The van der Waals surface area contributed by atoms with Gasteiger partial charge in [0.2, 0.25) is 0 Å². The Morgan fingerprint density at radius 1 is 0.816 bits per heavy atom. The summed E-state index contributed by atoms with van der Waals surface area (Å²) in [6.07, 6.45) is -4.37. The molecule has 2 aromatic carbocycles. The van der Waals surface area contributed by atoms with Gasteiger partial charge in [-0.25, -0.2) is 4.79 Å². The average molecular weight is 529 g/mol. The van der Waals surface area contributed by atoms with Crippen LogP contribution in [-0.4, -0.2) is 67.6 Å². The van der Waals surface area contributed by atoms with Crippen LogP contribution in [-0.2, 0) is 56.0 Å². The molecule has 206 valence electrons. The third-order valence-corrected chi connectivity index (χ3v) is 6.39. The molecule has 0 spiro atoms. The van der Waals surface area contributed by atoms with E-state index in [1.807, 2.05) is 74.5 Å². The van der Waals surface area contributed by atoms with Gasteiger partial charge < -0.3 is 33.2 Å². The van der Waals surface area contributed by atoms with E-state index in [2.05, 4.69) is 0 Å². The molecule has 38 heavy (non-hydrogen) atoms. The van der Waals surface area contributed by atoms with E-state index in [1.165, 1.54) is 0 Å². The fraction of sp³-hybridized carbons (Fsp3) is 0.517. The van der Waals surface area contributed by atoms with E-state index in [4.69, 9.17) is 33.2 Å². The van der Waals surface area contributed by atoms with Gasteiger partial charge in [-0.1, -0.05) is 60.7 Å². The Bertz CT molecular complexity index is 1070. The number of ether oxygens (including phenoxy) is 7. The smallest absolute Gasteiger partial charge is 0.377 e. The number of carbonyl (C=O) groups excluding carboxylic acids is 2. The molecule has 9 nitrogen and oxygen atoms in total. The van der Waals surface area contributed by atoms with Gasteiger partial charge in [-0.2, -0.15) is 0 Å². The van der Waals surface area contributed by atoms with Crippen molar-refractivity contribution in [2.45, 2.75) is 83.0 Å². The van der Waals surface area contributed by atoms with Gasteiger partial charge in [0.15, 0.2) is 17.7 Å². The first-order valence-electron chi connectivity index (χ1n) is 12.7. The van der Waals surface area contributed by atoms with E-state index in [-0.39, 0.29) is 19.8 Å². The highest BCUT2D eigenvalue weighted by molar-refractivity contribution is 6.35. The molecule has 0 aromatic heterocycles. The lowest BCUT2D eigenvalue weighted by Gasteiger charge is -2.33. The largest absolute Gasteiger partial charge is 0.463 e. The molecule has 9 heteroatoms. The van der Waals surface area contributed by atoms with E-state index < -0.39 is 53.8 Å². The predicted octanol–water partition coefficient (Wildman–Crippen LogP) is 3.57. The second kappa shape index (κ2) is 12.0. The molecular formula is C29H36O9. The zero-order chi connectivity index (χ0) is 27.3. The lowest BCUT2D eigenvalue weighted by Crippen LogP contribution is -2.53. The molecule has 2 heterocycles. The minimum absolute atomic E-state index is 0.0762. The van der Waals surface area contributed by atoms with Crippen LogP contribution >= 0.6 is 0 Å². The molecule has 0 N–H and O–H groups in total. The predicted molar refractivity (Wildman–Crippen MR) is 136 cm³/mol. The summed E-state index contributed by atoms with van der Waals surface area (Å²) < 4.78 is 41.7. The van der Waals surface area contributed by atoms with Crippen LogP contribution in [0, 0.1) is 0 Å². The number of benzene rings is 2. The molecule has 0 bridgehead atoms. The van der Waals surface area contributed by atoms with Gasteiger partial charge in [0.25, 0.3) is 5.78 Å². The molecule has 0 amide bonds. The second-order valence-corrected chi connectivity index (χ2v) is 10.3. The minimum Gasteiger partial charge on any atom is -0.463 e. The molecule has 2 fully saturated rings. The maximum Gasteiger partial charge on any atom is 0.377 e. The van der Waals surface area contributed by atoms with Crippen molar-refractivity contribution in [3.05, 3.63) is 71.8 Å². The Hall–Kier alpha value is -2.66. The van der Waals surface area contributed by atoms with E-state index >= 15 is 0 Å². The van der Waals surface area contributed by atoms with Crippen LogP contribution in [0.4, 0.5) is 0 Å².